The molecular formula is C9H14O4. The zero-order valence-electron chi connectivity index (χ0n) is 7.73. The van der Waals surface area contributed by atoms with Gasteiger partial charge in [0, 0.05) is 0 Å². The molecule has 0 spiro atoms. The molecule has 3 atom stereocenters. The molecule has 0 aromatic carbocycles. The highest BCUT2D eigenvalue weighted by atomic mass is 16.8. The fourth-order valence-electron chi connectivity index (χ4n) is 1.82. The second-order valence-electron chi connectivity index (χ2n) is 4.03. The molecule has 1 heterocycles. The molecule has 4 nitrogen and oxygen atoms in total. The van der Waals surface area contributed by atoms with Gasteiger partial charge < -0.3 is 19.7 Å². The number of hydrogen-bond donors (Lipinski definition) is 2. The van der Waals surface area contributed by atoms with Crippen LogP contribution in [0.15, 0.2) is 12.2 Å². The Labute approximate surface area is 76.8 Å². The third-order valence-electron chi connectivity index (χ3n) is 2.45. The smallest absolute Gasteiger partial charge is 0.164 e. The lowest BCUT2D eigenvalue weighted by atomic mass is 10.0. The topological polar surface area (TPSA) is 58.9 Å². The van der Waals surface area contributed by atoms with E-state index in [-0.39, 0.29) is 12.7 Å². The van der Waals surface area contributed by atoms with E-state index in [0.717, 1.165) is 0 Å². The SMILES string of the molecule is CC1(C)OC2C=CC(O)(CO)C2O1. The monoisotopic (exact) mass is 186 g/mol. The molecule has 4 heteroatoms. The molecule has 1 aliphatic carbocycles. The van der Waals surface area contributed by atoms with Crippen LogP contribution in [0.25, 0.3) is 0 Å². The largest absolute Gasteiger partial charge is 0.393 e. The van der Waals surface area contributed by atoms with Gasteiger partial charge in [0.05, 0.1) is 6.61 Å². The summed E-state index contributed by atoms with van der Waals surface area (Å²) in [7, 11) is 0. The summed E-state index contributed by atoms with van der Waals surface area (Å²) in [5.41, 5.74) is -1.28. The van der Waals surface area contributed by atoms with Crippen LogP contribution < -0.4 is 0 Å². The fourth-order valence-corrected chi connectivity index (χ4v) is 1.82. The van der Waals surface area contributed by atoms with Crippen molar-refractivity contribution in [3.63, 3.8) is 0 Å². The van der Waals surface area contributed by atoms with E-state index < -0.39 is 17.5 Å². The number of ether oxygens (including phenoxy) is 2. The van der Waals surface area contributed by atoms with Gasteiger partial charge >= 0.3 is 0 Å². The van der Waals surface area contributed by atoms with Crippen molar-refractivity contribution in [2.24, 2.45) is 0 Å². The predicted octanol–water partition coefficient (Wildman–Crippen LogP) is -0.200. The molecule has 0 aromatic heterocycles. The molecule has 2 N–H and O–H groups in total. The second-order valence-corrected chi connectivity index (χ2v) is 4.03. The Morgan fingerprint density at radius 2 is 2.08 bits per heavy atom. The van der Waals surface area contributed by atoms with Crippen LogP contribution in [0.4, 0.5) is 0 Å². The first-order valence-corrected chi connectivity index (χ1v) is 4.35. The van der Waals surface area contributed by atoms with E-state index in [1.807, 2.05) is 0 Å². The second kappa shape index (κ2) is 2.54. The van der Waals surface area contributed by atoms with Crippen molar-refractivity contribution in [3.8, 4) is 0 Å². The molecule has 1 saturated heterocycles. The average molecular weight is 186 g/mol. The lowest BCUT2D eigenvalue weighted by Crippen LogP contribution is -2.45. The van der Waals surface area contributed by atoms with Crippen molar-refractivity contribution >= 4 is 0 Å². The molecule has 2 aliphatic rings. The number of aliphatic hydroxyl groups excluding tert-OH is 1. The molecule has 0 bridgehead atoms. The van der Waals surface area contributed by atoms with E-state index in [9.17, 15) is 5.11 Å². The Hall–Kier alpha value is -0.420. The summed E-state index contributed by atoms with van der Waals surface area (Å²) in [5, 5.41) is 18.9. The highest BCUT2D eigenvalue weighted by Gasteiger charge is 2.53. The van der Waals surface area contributed by atoms with Crippen molar-refractivity contribution < 1.29 is 19.7 Å². The van der Waals surface area contributed by atoms with E-state index >= 15 is 0 Å². The zero-order chi connectivity index (χ0) is 9.69. The van der Waals surface area contributed by atoms with Crippen LogP contribution >= 0.6 is 0 Å². The van der Waals surface area contributed by atoms with E-state index in [2.05, 4.69) is 0 Å². The molecule has 3 unspecified atom stereocenters. The Kier molecular flexibility index (Phi) is 1.79. The number of aliphatic hydroxyl groups is 2. The lowest BCUT2D eigenvalue weighted by molar-refractivity contribution is -0.169. The van der Waals surface area contributed by atoms with Gasteiger partial charge in [0.25, 0.3) is 0 Å². The molecule has 74 valence electrons. The third-order valence-corrected chi connectivity index (χ3v) is 2.45. The van der Waals surface area contributed by atoms with E-state index in [0.29, 0.717) is 0 Å². The molecular weight excluding hydrogens is 172 g/mol. The van der Waals surface area contributed by atoms with E-state index in [1.54, 1.807) is 19.9 Å². The van der Waals surface area contributed by atoms with Gasteiger partial charge in [-0.2, -0.15) is 0 Å². The maximum absolute atomic E-state index is 9.86. The molecule has 1 fully saturated rings. The molecule has 1 aliphatic heterocycles. The van der Waals surface area contributed by atoms with Crippen LogP contribution in [0.2, 0.25) is 0 Å². The summed E-state index contributed by atoms with van der Waals surface area (Å²) >= 11 is 0. The van der Waals surface area contributed by atoms with Crippen LogP contribution in [0.5, 0.6) is 0 Å². The lowest BCUT2D eigenvalue weighted by Gasteiger charge is -2.26. The number of rotatable bonds is 1. The average Bonchev–Trinajstić information content (AvgIpc) is 2.49. The molecule has 2 rings (SSSR count). The standard InChI is InChI=1S/C9H14O4/c1-8(2)12-6-3-4-9(11,5-10)7(6)13-8/h3-4,6-7,10-11H,5H2,1-2H3. The first-order chi connectivity index (χ1) is 5.97. The van der Waals surface area contributed by atoms with Gasteiger partial charge in [-0.1, -0.05) is 6.08 Å². The zero-order valence-corrected chi connectivity index (χ0v) is 7.73. The summed E-state index contributed by atoms with van der Waals surface area (Å²) in [6, 6.07) is 0. The van der Waals surface area contributed by atoms with Crippen molar-refractivity contribution in [1.82, 2.24) is 0 Å². The van der Waals surface area contributed by atoms with E-state index in [1.165, 1.54) is 6.08 Å². The van der Waals surface area contributed by atoms with Gasteiger partial charge in [-0.25, -0.2) is 0 Å². The van der Waals surface area contributed by atoms with Gasteiger partial charge in [0.15, 0.2) is 5.79 Å². The summed E-state index contributed by atoms with van der Waals surface area (Å²) in [5.74, 6) is -0.677. The minimum Gasteiger partial charge on any atom is -0.393 e. The summed E-state index contributed by atoms with van der Waals surface area (Å²) in [4.78, 5) is 0. The molecule has 0 saturated carbocycles. The summed E-state index contributed by atoms with van der Waals surface area (Å²) < 4.78 is 11.0. The number of fused-ring (bicyclic) bond motifs is 1. The van der Waals surface area contributed by atoms with Crippen molar-refractivity contribution in [1.29, 1.82) is 0 Å². The number of hydrogen-bond acceptors (Lipinski definition) is 4. The van der Waals surface area contributed by atoms with Crippen LogP contribution in [0.1, 0.15) is 13.8 Å². The molecule has 0 amide bonds. The Bertz CT molecular complexity index is 248. The molecule has 13 heavy (non-hydrogen) atoms. The molecule has 0 radical (unpaired) electrons. The molecule has 0 aromatic rings. The minimum absolute atomic E-state index is 0.243. The van der Waals surface area contributed by atoms with E-state index in [4.69, 9.17) is 14.6 Å². The Morgan fingerprint density at radius 3 is 2.69 bits per heavy atom. The maximum Gasteiger partial charge on any atom is 0.164 e. The van der Waals surface area contributed by atoms with Gasteiger partial charge in [-0.3, -0.25) is 0 Å². The first-order valence-electron chi connectivity index (χ1n) is 4.35. The normalized spacial score (nSPS) is 46.8. The van der Waals surface area contributed by atoms with Crippen molar-refractivity contribution in [3.05, 3.63) is 12.2 Å². The predicted molar refractivity (Wildman–Crippen MR) is 45.0 cm³/mol. The third kappa shape index (κ3) is 1.30. The highest BCUT2D eigenvalue weighted by Crippen LogP contribution is 2.39. The quantitative estimate of drug-likeness (QED) is 0.557. The first kappa shape index (κ1) is 9.15. The van der Waals surface area contributed by atoms with Crippen LogP contribution in [0.3, 0.4) is 0 Å². The summed E-state index contributed by atoms with van der Waals surface area (Å²) in [6.45, 7) is 3.23. The van der Waals surface area contributed by atoms with Gasteiger partial charge in [-0.05, 0) is 19.9 Å². The fraction of sp³-hybridized carbons (Fsp3) is 0.778. The maximum atomic E-state index is 9.86. The van der Waals surface area contributed by atoms with Crippen molar-refractivity contribution in [2.45, 2.75) is 37.4 Å². The highest BCUT2D eigenvalue weighted by molar-refractivity contribution is 5.21. The van der Waals surface area contributed by atoms with Crippen LogP contribution in [-0.4, -0.2) is 40.4 Å². The van der Waals surface area contributed by atoms with Crippen LogP contribution in [-0.2, 0) is 9.47 Å². The Balaban J connectivity index is 2.21. The summed E-state index contributed by atoms with van der Waals surface area (Å²) in [6.07, 6.45) is 2.55. The van der Waals surface area contributed by atoms with Crippen LogP contribution in [0, 0.1) is 0 Å². The van der Waals surface area contributed by atoms with Crippen molar-refractivity contribution in [2.75, 3.05) is 6.61 Å². The van der Waals surface area contributed by atoms with Gasteiger partial charge in [0.2, 0.25) is 0 Å². The van der Waals surface area contributed by atoms with Gasteiger partial charge in [-0.15, -0.1) is 0 Å². The Morgan fingerprint density at radius 1 is 1.38 bits per heavy atom. The van der Waals surface area contributed by atoms with Gasteiger partial charge in [0.1, 0.15) is 17.8 Å². The minimum atomic E-state index is -1.28.